The summed E-state index contributed by atoms with van der Waals surface area (Å²) in [6.45, 7) is 4.77. The molecule has 2 aromatic heterocycles. The molecule has 0 aromatic carbocycles. The maximum absolute atomic E-state index is 4.21. The van der Waals surface area contributed by atoms with Crippen LogP contribution in [0.4, 0.5) is 5.82 Å². The number of nitrogens with one attached hydrogen (secondary N) is 1. The van der Waals surface area contributed by atoms with Crippen molar-refractivity contribution in [3.05, 3.63) is 30.2 Å². The quantitative estimate of drug-likeness (QED) is 0.861. The number of nitrogens with zero attached hydrogens (tertiary/aromatic N) is 5. The monoisotopic (exact) mass is 232 g/mol. The van der Waals surface area contributed by atoms with Gasteiger partial charge in [-0.15, -0.1) is 0 Å². The van der Waals surface area contributed by atoms with E-state index in [9.17, 15) is 0 Å². The summed E-state index contributed by atoms with van der Waals surface area (Å²) in [6, 6.07) is 1.95. The first-order valence-corrected chi connectivity index (χ1v) is 5.55. The predicted molar refractivity (Wildman–Crippen MR) is 64.5 cm³/mol. The van der Waals surface area contributed by atoms with Crippen molar-refractivity contribution in [3.8, 4) is 0 Å². The van der Waals surface area contributed by atoms with Crippen LogP contribution in [0.2, 0.25) is 0 Å². The van der Waals surface area contributed by atoms with Gasteiger partial charge in [0, 0.05) is 18.8 Å². The highest BCUT2D eigenvalue weighted by Crippen LogP contribution is 2.13. The Morgan fingerprint density at radius 3 is 2.76 bits per heavy atom. The zero-order chi connectivity index (χ0) is 12.3. The van der Waals surface area contributed by atoms with E-state index in [0.29, 0.717) is 12.5 Å². The summed E-state index contributed by atoms with van der Waals surface area (Å²) in [6.07, 6.45) is 3.25. The summed E-state index contributed by atoms with van der Waals surface area (Å²) >= 11 is 0. The van der Waals surface area contributed by atoms with Crippen LogP contribution in [-0.2, 0) is 13.6 Å². The van der Waals surface area contributed by atoms with E-state index in [4.69, 9.17) is 0 Å². The van der Waals surface area contributed by atoms with Gasteiger partial charge in [0.05, 0.1) is 6.54 Å². The number of hydrogen-bond acceptors (Lipinski definition) is 5. The molecular formula is C11H16N6. The number of aromatic nitrogens is 5. The maximum Gasteiger partial charge on any atom is 0.169 e. The molecule has 2 aromatic rings. The first-order valence-electron chi connectivity index (χ1n) is 5.55. The van der Waals surface area contributed by atoms with Crippen molar-refractivity contribution in [3.63, 3.8) is 0 Å². The molecule has 0 aliphatic rings. The molecule has 6 heteroatoms. The molecule has 0 saturated carbocycles. The summed E-state index contributed by atoms with van der Waals surface area (Å²) in [4.78, 5) is 12.5. The Kier molecular flexibility index (Phi) is 3.32. The number of hydrogen-bond donors (Lipinski definition) is 1. The lowest BCUT2D eigenvalue weighted by Crippen LogP contribution is -2.05. The average Bonchev–Trinajstić information content (AvgIpc) is 2.73. The predicted octanol–water partition coefficient (Wildman–Crippen LogP) is 1.34. The molecule has 0 saturated heterocycles. The second-order valence-electron chi connectivity index (χ2n) is 4.17. The molecule has 0 aliphatic carbocycles. The molecule has 0 fully saturated rings. The van der Waals surface area contributed by atoms with Crippen molar-refractivity contribution in [2.75, 3.05) is 5.32 Å². The van der Waals surface area contributed by atoms with Crippen molar-refractivity contribution < 1.29 is 0 Å². The molecule has 0 bridgehead atoms. The Morgan fingerprint density at radius 2 is 2.12 bits per heavy atom. The summed E-state index contributed by atoms with van der Waals surface area (Å²) in [5.74, 6) is 1.94. The third-order valence-corrected chi connectivity index (χ3v) is 2.35. The van der Waals surface area contributed by atoms with Gasteiger partial charge in [-0.05, 0) is 5.92 Å². The van der Waals surface area contributed by atoms with Gasteiger partial charge in [0.15, 0.2) is 5.82 Å². The highest BCUT2D eigenvalue weighted by Gasteiger charge is 2.04. The van der Waals surface area contributed by atoms with Crippen LogP contribution in [0.5, 0.6) is 0 Å². The third-order valence-electron chi connectivity index (χ3n) is 2.35. The van der Waals surface area contributed by atoms with Crippen LogP contribution >= 0.6 is 0 Å². The minimum Gasteiger partial charge on any atom is -0.363 e. The molecule has 6 nitrogen and oxygen atoms in total. The van der Waals surface area contributed by atoms with Crippen molar-refractivity contribution >= 4 is 5.82 Å². The summed E-state index contributed by atoms with van der Waals surface area (Å²) in [5.41, 5.74) is 1.02. The van der Waals surface area contributed by atoms with Crippen LogP contribution in [0.1, 0.15) is 31.3 Å². The Balaban J connectivity index is 2.01. The lowest BCUT2D eigenvalue weighted by Gasteiger charge is -2.07. The Hall–Kier alpha value is -1.98. The Labute approximate surface area is 100 Å². The molecule has 0 atom stereocenters. The third kappa shape index (κ3) is 2.99. The minimum absolute atomic E-state index is 0.395. The van der Waals surface area contributed by atoms with Gasteiger partial charge in [-0.3, -0.25) is 4.68 Å². The van der Waals surface area contributed by atoms with E-state index >= 15 is 0 Å². The molecule has 0 aliphatic heterocycles. The van der Waals surface area contributed by atoms with E-state index in [1.165, 1.54) is 0 Å². The largest absolute Gasteiger partial charge is 0.363 e. The maximum atomic E-state index is 4.21. The van der Waals surface area contributed by atoms with Gasteiger partial charge in [0.2, 0.25) is 0 Å². The van der Waals surface area contributed by atoms with Gasteiger partial charge in [-0.2, -0.15) is 5.10 Å². The fourth-order valence-corrected chi connectivity index (χ4v) is 1.42. The van der Waals surface area contributed by atoms with Crippen LogP contribution in [0, 0.1) is 0 Å². The van der Waals surface area contributed by atoms with Gasteiger partial charge < -0.3 is 5.32 Å². The van der Waals surface area contributed by atoms with E-state index in [-0.39, 0.29) is 0 Å². The molecule has 90 valence electrons. The zero-order valence-corrected chi connectivity index (χ0v) is 10.3. The molecule has 0 amide bonds. The summed E-state index contributed by atoms with van der Waals surface area (Å²) < 4.78 is 1.68. The SMILES string of the molecule is CC(C)c1cc(NCc2ncn(C)n2)ncn1. The van der Waals surface area contributed by atoms with Crippen LogP contribution in [0.25, 0.3) is 0 Å². The second kappa shape index (κ2) is 4.90. The number of anilines is 1. The molecule has 0 radical (unpaired) electrons. The van der Waals surface area contributed by atoms with E-state index < -0.39 is 0 Å². The van der Waals surface area contributed by atoms with Crippen molar-refractivity contribution in [2.45, 2.75) is 26.3 Å². The molecule has 2 rings (SSSR count). The lowest BCUT2D eigenvalue weighted by molar-refractivity contribution is 0.746. The van der Waals surface area contributed by atoms with E-state index in [2.05, 4.69) is 39.2 Å². The molecule has 0 unspecified atom stereocenters. The van der Waals surface area contributed by atoms with E-state index in [0.717, 1.165) is 17.3 Å². The highest BCUT2D eigenvalue weighted by atomic mass is 15.3. The van der Waals surface area contributed by atoms with Gasteiger partial charge >= 0.3 is 0 Å². The first-order chi connectivity index (χ1) is 8.15. The first kappa shape index (κ1) is 11.5. The zero-order valence-electron chi connectivity index (χ0n) is 10.3. The average molecular weight is 232 g/mol. The van der Waals surface area contributed by atoms with Crippen molar-refractivity contribution in [1.29, 1.82) is 0 Å². The van der Waals surface area contributed by atoms with Gasteiger partial charge in [0.1, 0.15) is 18.5 Å². The number of rotatable bonds is 4. The van der Waals surface area contributed by atoms with Crippen molar-refractivity contribution in [1.82, 2.24) is 24.7 Å². The normalized spacial score (nSPS) is 10.8. The topological polar surface area (TPSA) is 68.5 Å². The Morgan fingerprint density at radius 1 is 1.29 bits per heavy atom. The highest BCUT2D eigenvalue weighted by molar-refractivity contribution is 5.35. The lowest BCUT2D eigenvalue weighted by atomic mass is 10.1. The molecular weight excluding hydrogens is 216 g/mol. The van der Waals surface area contributed by atoms with Gasteiger partial charge in [-0.1, -0.05) is 13.8 Å². The smallest absolute Gasteiger partial charge is 0.169 e. The minimum atomic E-state index is 0.395. The number of aryl methyl sites for hydroxylation is 1. The van der Waals surface area contributed by atoms with Crippen LogP contribution in [-0.4, -0.2) is 24.7 Å². The molecule has 2 heterocycles. The fraction of sp³-hybridized carbons (Fsp3) is 0.455. The molecule has 0 spiro atoms. The summed E-state index contributed by atoms with van der Waals surface area (Å²) in [7, 11) is 1.85. The van der Waals surface area contributed by atoms with Crippen molar-refractivity contribution in [2.24, 2.45) is 7.05 Å². The summed E-state index contributed by atoms with van der Waals surface area (Å²) in [5, 5.41) is 7.36. The van der Waals surface area contributed by atoms with Crippen LogP contribution in [0.3, 0.4) is 0 Å². The molecule has 1 N–H and O–H groups in total. The second-order valence-corrected chi connectivity index (χ2v) is 4.17. The molecule has 17 heavy (non-hydrogen) atoms. The van der Waals surface area contributed by atoms with Gasteiger partial charge in [-0.25, -0.2) is 15.0 Å². The standard InChI is InChI=1S/C11H16N6/c1-8(2)9-4-10(14-6-13-9)12-5-11-15-7-17(3)16-11/h4,6-8H,5H2,1-3H3,(H,12,13,14). The van der Waals surface area contributed by atoms with E-state index in [1.54, 1.807) is 17.3 Å². The van der Waals surface area contributed by atoms with Crippen LogP contribution in [0.15, 0.2) is 18.7 Å². The van der Waals surface area contributed by atoms with Gasteiger partial charge in [0.25, 0.3) is 0 Å². The van der Waals surface area contributed by atoms with Crippen LogP contribution < -0.4 is 5.32 Å². The van der Waals surface area contributed by atoms with E-state index in [1.807, 2.05) is 13.1 Å². The fourth-order valence-electron chi connectivity index (χ4n) is 1.42. The Bertz CT molecular complexity index is 490.